The standard InChI is InChI=1S/C10H13N3O/c1-7(14)6-13-3-2-8-4-9(11)5-12-10(8)13/h2-5,7,14H,6,11H2,1H3. The molecule has 0 aliphatic heterocycles. The summed E-state index contributed by atoms with van der Waals surface area (Å²) < 4.78 is 1.92. The molecule has 2 rings (SSSR count). The van der Waals surface area contributed by atoms with Crippen LogP contribution in [0, 0.1) is 0 Å². The first-order chi connectivity index (χ1) is 6.66. The highest BCUT2D eigenvalue weighted by atomic mass is 16.3. The predicted molar refractivity (Wildman–Crippen MR) is 55.8 cm³/mol. The molecule has 1 unspecified atom stereocenters. The molecule has 0 radical (unpaired) electrons. The Morgan fingerprint density at radius 3 is 3.14 bits per heavy atom. The van der Waals surface area contributed by atoms with Crippen LogP contribution in [-0.2, 0) is 6.54 Å². The molecule has 0 fully saturated rings. The minimum absolute atomic E-state index is 0.370. The van der Waals surface area contributed by atoms with Crippen molar-refractivity contribution in [2.75, 3.05) is 5.73 Å². The number of aliphatic hydroxyl groups excluding tert-OH is 1. The lowest BCUT2D eigenvalue weighted by Crippen LogP contribution is -2.10. The highest BCUT2D eigenvalue weighted by Crippen LogP contribution is 2.16. The summed E-state index contributed by atoms with van der Waals surface area (Å²) >= 11 is 0. The number of fused-ring (bicyclic) bond motifs is 1. The zero-order valence-corrected chi connectivity index (χ0v) is 8.01. The van der Waals surface area contributed by atoms with Gasteiger partial charge in [0.05, 0.1) is 18.0 Å². The van der Waals surface area contributed by atoms with Gasteiger partial charge in [-0.3, -0.25) is 0 Å². The maximum atomic E-state index is 9.26. The lowest BCUT2D eigenvalue weighted by Gasteiger charge is -2.06. The molecule has 0 aliphatic carbocycles. The first-order valence-corrected chi connectivity index (χ1v) is 4.55. The van der Waals surface area contributed by atoms with Gasteiger partial charge in [-0.25, -0.2) is 4.98 Å². The number of rotatable bonds is 2. The van der Waals surface area contributed by atoms with Crippen molar-refractivity contribution in [1.82, 2.24) is 9.55 Å². The normalized spacial score (nSPS) is 13.3. The molecule has 2 aromatic heterocycles. The first-order valence-electron chi connectivity index (χ1n) is 4.55. The number of nitrogens with two attached hydrogens (primary N) is 1. The number of nitrogen functional groups attached to an aromatic ring is 1. The molecule has 0 saturated carbocycles. The second kappa shape index (κ2) is 3.31. The van der Waals surface area contributed by atoms with E-state index in [1.807, 2.05) is 22.9 Å². The fraction of sp³-hybridized carbons (Fsp3) is 0.300. The predicted octanol–water partition coefficient (Wildman–Crippen LogP) is 0.999. The Bertz CT molecular complexity index is 448. The van der Waals surface area contributed by atoms with E-state index >= 15 is 0 Å². The molecule has 0 bridgehead atoms. The number of pyridine rings is 1. The zero-order chi connectivity index (χ0) is 10.1. The van der Waals surface area contributed by atoms with Gasteiger partial charge in [0.2, 0.25) is 0 Å². The summed E-state index contributed by atoms with van der Waals surface area (Å²) in [7, 11) is 0. The lowest BCUT2D eigenvalue weighted by atomic mass is 10.3. The summed E-state index contributed by atoms with van der Waals surface area (Å²) in [6.45, 7) is 2.31. The minimum Gasteiger partial charge on any atom is -0.397 e. The van der Waals surface area contributed by atoms with E-state index in [-0.39, 0.29) is 6.10 Å². The van der Waals surface area contributed by atoms with Crippen LogP contribution in [0.3, 0.4) is 0 Å². The molecule has 74 valence electrons. The SMILES string of the molecule is CC(O)Cn1ccc2cc(N)cnc21. The van der Waals surface area contributed by atoms with E-state index in [2.05, 4.69) is 4.98 Å². The number of hydrogen-bond donors (Lipinski definition) is 2. The molecule has 4 nitrogen and oxygen atoms in total. The van der Waals surface area contributed by atoms with Crippen LogP contribution in [0.15, 0.2) is 24.5 Å². The summed E-state index contributed by atoms with van der Waals surface area (Å²) in [4.78, 5) is 4.22. The number of aromatic nitrogens is 2. The lowest BCUT2D eigenvalue weighted by molar-refractivity contribution is 0.175. The maximum Gasteiger partial charge on any atom is 0.140 e. The molecule has 4 heteroatoms. The molecule has 1 atom stereocenters. The van der Waals surface area contributed by atoms with Crippen molar-refractivity contribution >= 4 is 16.7 Å². The quantitative estimate of drug-likeness (QED) is 0.744. The molecule has 2 aromatic rings. The van der Waals surface area contributed by atoms with Gasteiger partial charge in [0, 0.05) is 18.1 Å². The van der Waals surface area contributed by atoms with Gasteiger partial charge in [-0.1, -0.05) is 0 Å². The molecule has 3 N–H and O–H groups in total. The van der Waals surface area contributed by atoms with Crippen molar-refractivity contribution in [1.29, 1.82) is 0 Å². The van der Waals surface area contributed by atoms with E-state index < -0.39 is 0 Å². The highest BCUT2D eigenvalue weighted by Gasteiger charge is 2.04. The van der Waals surface area contributed by atoms with Gasteiger partial charge in [-0.15, -0.1) is 0 Å². The first kappa shape index (κ1) is 9.02. The molecule has 0 spiro atoms. The summed E-state index contributed by atoms with van der Waals surface area (Å²) in [5.41, 5.74) is 7.13. The fourth-order valence-corrected chi connectivity index (χ4v) is 1.53. The molecule has 0 saturated heterocycles. The number of hydrogen-bond acceptors (Lipinski definition) is 3. The molecule has 0 aromatic carbocycles. The van der Waals surface area contributed by atoms with Gasteiger partial charge in [0.1, 0.15) is 5.65 Å². The summed E-state index contributed by atoms with van der Waals surface area (Å²) in [6.07, 6.45) is 3.16. The van der Waals surface area contributed by atoms with Gasteiger partial charge < -0.3 is 15.4 Å². The Kier molecular flexibility index (Phi) is 2.13. The van der Waals surface area contributed by atoms with Crippen LogP contribution in [0.2, 0.25) is 0 Å². The van der Waals surface area contributed by atoms with Crippen molar-refractivity contribution in [2.24, 2.45) is 0 Å². The van der Waals surface area contributed by atoms with Gasteiger partial charge in [-0.2, -0.15) is 0 Å². The molecule has 0 amide bonds. The number of nitrogens with zero attached hydrogens (tertiary/aromatic N) is 2. The minimum atomic E-state index is -0.370. The summed E-state index contributed by atoms with van der Waals surface area (Å²) in [5, 5.41) is 10.3. The van der Waals surface area contributed by atoms with Gasteiger partial charge in [0.15, 0.2) is 0 Å². The second-order valence-corrected chi connectivity index (χ2v) is 3.50. The Labute approximate surface area is 82.0 Å². The number of aliphatic hydroxyl groups is 1. The Morgan fingerprint density at radius 1 is 1.64 bits per heavy atom. The topological polar surface area (TPSA) is 64.1 Å². The third-order valence-electron chi connectivity index (χ3n) is 2.08. The van der Waals surface area contributed by atoms with E-state index in [0.29, 0.717) is 12.2 Å². The zero-order valence-electron chi connectivity index (χ0n) is 8.01. The second-order valence-electron chi connectivity index (χ2n) is 3.50. The van der Waals surface area contributed by atoms with Crippen LogP contribution in [0.5, 0.6) is 0 Å². The third kappa shape index (κ3) is 1.56. The third-order valence-corrected chi connectivity index (χ3v) is 2.08. The molecular weight excluding hydrogens is 178 g/mol. The smallest absolute Gasteiger partial charge is 0.140 e. The van der Waals surface area contributed by atoms with Crippen molar-refractivity contribution in [3.63, 3.8) is 0 Å². The maximum absolute atomic E-state index is 9.26. The monoisotopic (exact) mass is 191 g/mol. The Morgan fingerprint density at radius 2 is 2.43 bits per heavy atom. The van der Waals surface area contributed by atoms with E-state index in [4.69, 9.17) is 5.73 Å². The van der Waals surface area contributed by atoms with Crippen molar-refractivity contribution < 1.29 is 5.11 Å². The van der Waals surface area contributed by atoms with E-state index in [1.165, 1.54) is 0 Å². The van der Waals surface area contributed by atoms with Crippen LogP contribution in [0.1, 0.15) is 6.92 Å². The molecular formula is C10H13N3O. The van der Waals surface area contributed by atoms with Crippen LogP contribution in [0.25, 0.3) is 11.0 Å². The fourth-order valence-electron chi connectivity index (χ4n) is 1.53. The Balaban J connectivity index is 2.47. The van der Waals surface area contributed by atoms with Gasteiger partial charge >= 0.3 is 0 Å². The summed E-state index contributed by atoms with van der Waals surface area (Å²) in [6, 6.07) is 3.82. The molecule has 2 heterocycles. The molecule has 0 aliphatic rings. The van der Waals surface area contributed by atoms with Crippen LogP contribution < -0.4 is 5.73 Å². The largest absolute Gasteiger partial charge is 0.397 e. The van der Waals surface area contributed by atoms with Gasteiger partial charge in [0.25, 0.3) is 0 Å². The Hall–Kier alpha value is -1.55. The summed E-state index contributed by atoms with van der Waals surface area (Å²) in [5.74, 6) is 0. The van der Waals surface area contributed by atoms with Gasteiger partial charge in [-0.05, 0) is 19.1 Å². The number of anilines is 1. The van der Waals surface area contributed by atoms with Crippen molar-refractivity contribution in [2.45, 2.75) is 19.6 Å². The molecule has 14 heavy (non-hydrogen) atoms. The van der Waals surface area contributed by atoms with E-state index in [0.717, 1.165) is 11.0 Å². The van der Waals surface area contributed by atoms with Crippen molar-refractivity contribution in [3.05, 3.63) is 24.5 Å². The average molecular weight is 191 g/mol. The van der Waals surface area contributed by atoms with Crippen LogP contribution in [-0.4, -0.2) is 20.8 Å². The van der Waals surface area contributed by atoms with E-state index in [1.54, 1.807) is 13.1 Å². The van der Waals surface area contributed by atoms with Crippen LogP contribution >= 0.6 is 0 Å². The average Bonchev–Trinajstić information content (AvgIpc) is 2.47. The van der Waals surface area contributed by atoms with E-state index in [9.17, 15) is 5.11 Å². The van der Waals surface area contributed by atoms with Crippen molar-refractivity contribution in [3.8, 4) is 0 Å². The van der Waals surface area contributed by atoms with Crippen LogP contribution in [0.4, 0.5) is 5.69 Å². The highest BCUT2D eigenvalue weighted by molar-refractivity contribution is 5.79.